The van der Waals surface area contributed by atoms with Crippen molar-refractivity contribution >= 4 is 46.8 Å². The van der Waals surface area contributed by atoms with Gasteiger partial charge in [-0.25, -0.2) is 4.98 Å². The van der Waals surface area contributed by atoms with Crippen LogP contribution in [0, 0.1) is 45.3 Å². The Balaban J connectivity index is 0.703. The summed E-state index contributed by atoms with van der Waals surface area (Å²) >= 11 is 6.29. The second kappa shape index (κ2) is 14.4. The van der Waals surface area contributed by atoms with E-state index in [9.17, 15) is 29.2 Å². The number of piperidine rings is 1. The molecule has 2 aromatic carbocycles. The highest BCUT2D eigenvalue weighted by Gasteiger charge is 2.67. The molecule has 1 unspecified atom stereocenters. The number of likely N-dealkylation sites (tertiary alicyclic amines) is 1. The van der Waals surface area contributed by atoms with Gasteiger partial charge in [0.15, 0.2) is 0 Å². The monoisotopic (exact) mass is 853 g/mol. The van der Waals surface area contributed by atoms with E-state index in [1.807, 2.05) is 23.1 Å². The molecule has 3 saturated heterocycles. The molecule has 13 nitrogen and oxygen atoms in total. The topological polar surface area (TPSA) is 156 Å². The van der Waals surface area contributed by atoms with Crippen molar-refractivity contribution in [3.63, 3.8) is 0 Å². The summed E-state index contributed by atoms with van der Waals surface area (Å²) in [6.45, 7) is 12.8. The van der Waals surface area contributed by atoms with Gasteiger partial charge in [-0.2, -0.15) is 5.26 Å². The fourth-order valence-electron chi connectivity index (χ4n) is 12.1. The van der Waals surface area contributed by atoms with Crippen LogP contribution < -0.4 is 15.0 Å². The van der Waals surface area contributed by atoms with Crippen LogP contribution in [0.25, 0.3) is 0 Å². The van der Waals surface area contributed by atoms with E-state index in [4.69, 9.17) is 21.3 Å². The standard InChI is InChI=1S/C48H48ClN7O6/c1-46(2)44(47(3,4)45(46)62-32-14-8-28(21-50)36(49)20-32)55-22-37-34(41(55)59)15-10-29(51-37)9-5-27-6-11-30(12-7-27)53-23-48(24-53)25-54(26-48)31-13-16-33-35(19-31)43(61)56(42(33)60)38-17-18-39(57)52-40(38)58/h8,10,13-16,19-20,27,30,38,44-45H,6-7,11-12,17-18,22-26H2,1-4H3,(H,52,57,58). The molecule has 62 heavy (non-hydrogen) atoms. The van der Waals surface area contributed by atoms with Crippen molar-refractivity contribution in [1.82, 2.24) is 25.0 Å². The largest absolute Gasteiger partial charge is 0.489 e. The van der Waals surface area contributed by atoms with Crippen LogP contribution in [0.2, 0.25) is 5.02 Å². The molecule has 6 heterocycles. The van der Waals surface area contributed by atoms with Crippen molar-refractivity contribution in [2.24, 2.45) is 22.2 Å². The van der Waals surface area contributed by atoms with E-state index < -0.39 is 29.7 Å². The number of aromatic nitrogens is 1. The number of benzene rings is 2. The summed E-state index contributed by atoms with van der Waals surface area (Å²) in [7, 11) is 0. The van der Waals surface area contributed by atoms with Crippen LogP contribution in [-0.4, -0.2) is 99.6 Å². The summed E-state index contributed by atoms with van der Waals surface area (Å²) in [5, 5.41) is 11.9. The molecule has 7 aliphatic rings. The third-order valence-electron chi connectivity index (χ3n) is 14.7. The Hall–Kier alpha value is -5.76. The number of halogens is 1. The first-order chi connectivity index (χ1) is 29.6. The van der Waals surface area contributed by atoms with Crippen LogP contribution in [0.5, 0.6) is 5.75 Å². The van der Waals surface area contributed by atoms with E-state index in [1.165, 1.54) is 0 Å². The molecule has 3 aromatic rings. The molecule has 5 fully saturated rings. The van der Waals surface area contributed by atoms with Gasteiger partial charge < -0.3 is 14.5 Å². The minimum atomic E-state index is -0.971. The third kappa shape index (κ3) is 6.38. The minimum absolute atomic E-state index is 0.0174. The van der Waals surface area contributed by atoms with Crippen molar-refractivity contribution in [3.05, 3.63) is 87.2 Å². The molecule has 1 spiro atoms. The fraction of sp³-hybridized carbons (Fsp3) is 0.479. The molecule has 14 heteroatoms. The van der Waals surface area contributed by atoms with Crippen molar-refractivity contribution in [2.45, 2.75) is 97.0 Å². The number of nitriles is 1. The lowest BCUT2D eigenvalue weighted by atomic mass is 9.49. The molecule has 2 saturated carbocycles. The first-order valence-corrected chi connectivity index (χ1v) is 22.0. The lowest BCUT2D eigenvalue weighted by molar-refractivity contribution is -0.199. The molecular formula is C48H48ClN7O6. The number of nitrogens with one attached hydrogen (secondary N) is 1. The highest BCUT2D eigenvalue weighted by molar-refractivity contribution is 6.31. The molecule has 10 rings (SSSR count). The minimum Gasteiger partial charge on any atom is -0.489 e. The number of hydrogen-bond acceptors (Lipinski definition) is 10. The van der Waals surface area contributed by atoms with Gasteiger partial charge in [0, 0.05) is 78.6 Å². The number of rotatable bonds is 6. The summed E-state index contributed by atoms with van der Waals surface area (Å²) < 4.78 is 6.47. The Kier molecular flexibility index (Phi) is 9.36. The van der Waals surface area contributed by atoms with Crippen LogP contribution in [-0.2, 0) is 16.1 Å². The van der Waals surface area contributed by atoms with Crippen LogP contribution in [0.4, 0.5) is 5.69 Å². The average molecular weight is 854 g/mol. The second-order valence-corrected chi connectivity index (χ2v) is 20.0. The van der Waals surface area contributed by atoms with Crippen LogP contribution in [0.3, 0.4) is 0 Å². The van der Waals surface area contributed by atoms with Gasteiger partial charge in [0.25, 0.3) is 17.7 Å². The molecule has 1 atom stereocenters. The molecular weight excluding hydrogens is 806 g/mol. The van der Waals surface area contributed by atoms with Gasteiger partial charge in [-0.3, -0.25) is 39.1 Å². The maximum absolute atomic E-state index is 13.8. The number of imide groups is 2. The molecule has 1 aromatic heterocycles. The number of ether oxygens (including phenoxy) is 1. The molecule has 0 radical (unpaired) electrons. The second-order valence-electron chi connectivity index (χ2n) is 19.6. The van der Waals surface area contributed by atoms with Gasteiger partial charge in [0.2, 0.25) is 11.8 Å². The summed E-state index contributed by atoms with van der Waals surface area (Å²) in [4.78, 5) is 77.1. The fourth-order valence-corrected chi connectivity index (χ4v) is 12.3. The Morgan fingerprint density at radius 2 is 1.53 bits per heavy atom. The van der Waals surface area contributed by atoms with Crippen LogP contribution in [0.1, 0.15) is 114 Å². The molecule has 1 N–H and O–H groups in total. The lowest BCUT2D eigenvalue weighted by Crippen LogP contribution is -2.74. The number of carbonyl (C=O) groups excluding carboxylic acids is 5. The summed E-state index contributed by atoms with van der Waals surface area (Å²) in [6.07, 6.45) is 4.30. The maximum atomic E-state index is 13.8. The Morgan fingerprint density at radius 3 is 2.23 bits per heavy atom. The van der Waals surface area contributed by atoms with Crippen LogP contribution >= 0.6 is 11.6 Å². The Labute approximate surface area is 365 Å². The van der Waals surface area contributed by atoms with E-state index in [-0.39, 0.29) is 47.1 Å². The Bertz CT molecular complexity index is 2570. The smallest absolute Gasteiger partial charge is 0.262 e. The Morgan fingerprint density at radius 1 is 0.823 bits per heavy atom. The zero-order chi connectivity index (χ0) is 43.5. The van der Waals surface area contributed by atoms with E-state index >= 15 is 0 Å². The highest BCUT2D eigenvalue weighted by atomic mass is 35.5. The van der Waals surface area contributed by atoms with E-state index in [0.29, 0.717) is 57.2 Å². The number of nitrogens with zero attached hydrogens (tertiary/aromatic N) is 6. The van der Waals surface area contributed by atoms with Gasteiger partial charge in [0.05, 0.1) is 39.5 Å². The number of carbonyl (C=O) groups is 5. The number of hydrogen-bond donors (Lipinski definition) is 1. The SMILES string of the molecule is CC1(C)C(Oc2ccc(C#N)c(Cl)c2)C(C)(C)C1N1Cc2nc(C#CC3CCC(N4CC5(CN(c6ccc7c(c6)C(=O)N(C6CCC(=O)NC6=O)C7=O)C5)C4)CC3)ccc2C1=O. The predicted octanol–water partition coefficient (Wildman–Crippen LogP) is 5.58. The lowest BCUT2D eigenvalue weighted by Gasteiger charge is -2.65. The quantitative estimate of drug-likeness (QED) is 0.246. The molecule has 2 aliphatic carbocycles. The van der Waals surface area contributed by atoms with Gasteiger partial charge in [-0.15, -0.1) is 0 Å². The number of amides is 5. The van der Waals surface area contributed by atoms with Crippen molar-refractivity contribution in [1.29, 1.82) is 5.26 Å². The predicted molar refractivity (Wildman–Crippen MR) is 228 cm³/mol. The average Bonchev–Trinajstić information content (AvgIpc) is 3.65. The number of anilines is 1. The maximum Gasteiger partial charge on any atom is 0.262 e. The molecule has 318 valence electrons. The van der Waals surface area contributed by atoms with E-state index in [1.54, 1.807) is 30.3 Å². The zero-order valence-electron chi connectivity index (χ0n) is 35.3. The first kappa shape index (κ1) is 40.3. The molecule has 0 bridgehead atoms. The number of pyridine rings is 1. The van der Waals surface area contributed by atoms with Gasteiger partial charge in [-0.05, 0) is 80.5 Å². The van der Waals surface area contributed by atoms with Crippen molar-refractivity contribution in [3.8, 4) is 23.7 Å². The van der Waals surface area contributed by atoms with Crippen molar-refractivity contribution in [2.75, 3.05) is 31.1 Å². The highest BCUT2D eigenvalue weighted by Crippen LogP contribution is 2.59. The molecule has 5 amide bonds. The van der Waals surface area contributed by atoms with E-state index in [2.05, 4.69) is 60.7 Å². The van der Waals surface area contributed by atoms with Gasteiger partial charge >= 0.3 is 0 Å². The summed E-state index contributed by atoms with van der Waals surface area (Å²) in [6, 6.07) is 15.8. The van der Waals surface area contributed by atoms with E-state index in [0.717, 1.165) is 68.1 Å². The number of fused-ring (bicyclic) bond motifs is 2. The van der Waals surface area contributed by atoms with Crippen molar-refractivity contribution < 1.29 is 28.7 Å². The zero-order valence-corrected chi connectivity index (χ0v) is 36.1. The first-order valence-electron chi connectivity index (χ1n) is 21.6. The summed E-state index contributed by atoms with van der Waals surface area (Å²) in [5.74, 6) is 5.77. The normalized spacial score (nSPS) is 27.9. The summed E-state index contributed by atoms with van der Waals surface area (Å²) in [5.41, 5.74) is 3.50. The van der Waals surface area contributed by atoms with Gasteiger partial charge in [0.1, 0.15) is 29.7 Å². The third-order valence-corrected chi connectivity index (χ3v) is 15.0. The molecule has 5 aliphatic heterocycles. The van der Waals surface area contributed by atoms with Gasteiger partial charge in [-0.1, -0.05) is 45.2 Å². The van der Waals surface area contributed by atoms with Crippen LogP contribution in [0.15, 0.2) is 48.5 Å².